The van der Waals surface area contributed by atoms with Crippen LogP contribution in [0.15, 0.2) is 36.4 Å². The maximum Gasteiger partial charge on any atom is 0.271 e. The normalized spacial score (nSPS) is 10.2. The van der Waals surface area contributed by atoms with Gasteiger partial charge in [-0.05, 0) is 31.5 Å². The van der Waals surface area contributed by atoms with Gasteiger partial charge in [-0.15, -0.1) is 0 Å². The summed E-state index contributed by atoms with van der Waals surface area (Å²) in [6.07, 6.45) is 0. The van der Waals surface area contributed by atoms with Crippen molar-refractivity contribution in [1.82, 2.24) is 0 Å². The molecule has 0 aliphatic heterocycles. The summed E-state index contributed by atoms with van der Waals surface area (Å²) in [5.41, 5.74) is 1.97. The van der Waals surface area contributed by atoms with Crippen LogP contribution in [0.5, 0.6) is 5.75 Å². The number of aryl methyl sites for hydroxylation is 2. The molecule has 0 aromatic heterocycles. The molecule has 0 radical (unpaired) electrons. The molecule has 1 amide bonds. The van der Waals surface area contributed by atoms with E-state index in [1.807, 2.05) is 19.1 Å². The van der Waals surface area contributed by atoms with Crippen molar-refractivity contribution in [2.75, 3.05) is 5.32 Å². The molecular formula is C15H14N2O4. The molecule has 0 fully saturated rings. The fourth-order valence-corrected chi connectivity index (χ4v) is 1.91. The van der Waals surface area contributed by atoms with Gasteiger partial charge in [0, 0.05) is 17.7 Å². The molecule has 2 aromatic rings. The monoisotopic (exact) mass is 286 g/mol. The maximum atomic E-state index is 12.2. The molecule has 6 heteroatoms. The van der Waals surface area contributed by atoms with E-state index in [4.69, 9.17) is 0 Å². The highest BCUT2D eigenvalue weighted by molar-refractivity contribution is 6.06. The lowest BCUT2D eigenvalue weighted by Crippen LogP contribution is -2.13. The third-order valence-corrected chi connectivity index (χ3v) is 3.08. The average Bonchev–Trinajstić information content (AvgIpc) is 2.43. The molecule has 6 nitrogen and oxygen atoms in total. The van der Waals surface area contributed by atoms with Crippen molar-refractivity contribution in [3.63, 3.8) is 0 Å². The van der Waals surface area contributed by atoms with Crippen molar-refractivity contribution in [1.29, 1.82) is 0 Å². The molecule has 0 spiro atoms. The number of aromatic hydroxyl groups is 1. The summed E-state index contributed by atoms with van der Waals surface area (Å²) in [5, 5.41) is 22.9. The predicted molar refractivity (Wildman–Crippen MR) is 78.6 cm³/mol. The van der Waals surface area contributed by atoms with Crippen LogP contribution in [0.25, 0.3) is 0 Å². The van der Waals surface area contributed by atoms with Gasteiger partial charge in [-0.3, -0.25) is 14.9 Å². The summed E-state index contributed by atoms with van der Waals surface area (Å²) < 4.78 is 0. The van der Waals surface area contributed by atoms with Crippen LogP contribution >= 0.6 is 0 Å². The Kier molecular flexibility index (Phi) is 3.89. The second-order valence-corrected chi connectivity index (χ2v) is 4.73. The third-order valence-electron chi connectivity index (χ3n) is 3.08. The number of anilines is 1. The van der Waals surface area contributed by atoms with E-state index >= 15 is 0 Å². The van der Waals surface area contributed by atoms with E-state index in [1.165, 1.54) is 12.1 Å². The van der Waals surface area contributed by atoms with Crippen LogP contribution < -0.4 is 5.32 Å². The van der Waals surface area contributed by atoms with E-state index in [0.717, 1.165) is 17.2 Å². The first-order chi connectivity index (χ1) is 9.88. The SMILES string of the molecule is Cc1ccc(C)c(C(=O)Nc2cc([N+](=O)[O-])ccc2O)c1. The molecule has 0 aliphatic rings. The largest absolute Gasteiger partial charge is 0.506 e. The van der Waals surface area contributed by atoms with Crippen LogP contribution in [0.3, 0.4) is 0 Å². The first-order valence-corrected chi connectivity index (χ1v) is 6.24. The molecule has 21 heavy (non-hydrogen) atoms. The van der Waals surface area contributed by atoms with Crippen LogP contribution in [-0.4, -0.2) is 15.9 Å². The maximum absolute atomic E-state index is 12.2. The Labute approximate surface area is 121 Å². The molecule has 2 rings (SSSR count). The fraction of sp³-hybridized carbons (Fsp3) is 0.133. The van der Waals surface area contributed by atoms with E-state index < -0.39 is 10.8 Å². The quantitative estimate of drug-likeness (QED) is 0.515. The topological polar surface area (TPSA) is 92.5 Å². The van der Waals surface area contributed by atoms with Crippen LogP contribution in [0.4, 0.5) is 11.4 Å². The van der Waals surface area contributed by atoms with Gasteiger partial charge in [0.1, 0.15) is 5.75 Å². The van der Waals surface area contributed by atoms with Gasteiger partial charge >= 0.3 is 0 Å². The zero-order valence-electron chi connectivity index (χ0n) is 11.6. The Morgan fingerprint density at radius 1 is 1.19 bits per heavy atom. The number of phenolic OH excluding ortho intramolecular Hbond substituents is 1. The number of rotatable bonds is 3. The number of carbonyl (C=O) groups is 1. The minimum atomic E-state index is -0.590. The van der Waals surface area contributed by atoms with Crippen molar-refractivity contribution in [2.24, 2.45) is 0 Å². The molecule has 2 N–H and O–H groups in total. The van der Waals surface area contributed by atoms with Gasteiger partial charge in [0.15, 0.2) is 0 Å². The second kappa shape index (κ2) is 5.62. The zero-order chi connectivity index (χ0) is 15.6. The Hall–Kier alpha value is -2.89. The van der Waals surface area contributed by atoms with Crippen LogP contribution in [-0.2, 0) is 0 Å². The summed E-state index contributed by atoms with van der Waals surface area (Å²) in [5.74, 6) is -0.647. The third kappa shape index (κ3) is 3.17. The summed E-state index contributed by atoms with van der Waals surface area (Å²) in [6.45, 7) is 3.66. The molecule has 0 heterocycles. The lowest BCUT2D eigenvalue weighted by Gasteiger charge is -2.09. The number of hydrogen-bond donors (Lipinski definition) is 2. The van der Waals surface area contributed by atoms with E-state index in [-0.39, 0.29) is 17.1 Å². The van der Waals surface area contributed by atoms with Crippen molar-refractivity contribution in [3.05, 3.63) is 63.2 Å². The standard InChI is InChI=1S/C15H14N2O4/c1-9-3-4-10(2)12(7-9)15(19)16-13-8-11(17(20)21)5-6-14(13)18/h3-8,18H,1-2H3,(H,16,19). The number of benzene rings is 2. The van der Waals surface area contributed by atoms with Crippen LogP contribution in [0.2, 0.25) is 0 Å². The number of nitro benzene ring substituents is 1. The minimum absolute atomic E-state index is 0.00936. The molecule has 0 bridgehead atoms. The molecule has 0 saturated carbocycles. The van der Waals surface area contributed by atoms with E-state index in [0.29, 0.717) is 5.56 Å². The molecule has 108 valence electrons. The minimum Gasteiger partial charge on any atom is -0.506 e. The number of amides is 1. The van der Waals surface area contributed by atoms with Gasteiger partial charge in [0.25, 0.3) is 11.6 Å². The van der Waals surface area contributed by atoms with Crippen molar-refractivity contribution in [2.45, 2.75) is 13.8 Å². The fourth-order valence-electron chi connectivity index (χ4n) is 1.91. The summed E-state index contributed by atoms with van der Waals surface area (Å²) in [7, 11) is 0. The smallest absolute Gasteiger partial charge is 0.271 e. The summed E-state index contributed by atoms with van der Waals surface area (Å²) >= 11 is 0. The Bertz CT molecular complexity index is 726. The number of non-ortho nitro benzene ring substituents is 1. The first kappa shape index (κ1) is 14.5. The Morgan fingerprint density at radius 3 is 2.57 bits per heavy atom. The molecule has 2 aromatic carbocycles. The molecule has 0 atom stereocenters. The van der Waals surface area contributed by atoms with Crippen molar-refractivity contribution in [3.8, 4) is 5.75 Å². The van der Waals surface area contributed by atoms with Crippen molar-refractivity contribution < 1.29 is 14.8 Å². The van der Waals surface area contributed by atoms with E-state index in [1.54, 1.807) is 13.0 Å². The lowest BCUT2D eigenvalue weighted by atomic mass is 10.0. The van der Waals surface area contributed by atoms with Gasteiger partial charge in [0.2, 0.25) is 0 Å². The second-order valence-electron chi connectivity index (χ2n) is 4.73. The Balaban J connectivity index is 2.33. The average molecular weight is 286 g/mol. The van der Waals surface area contributed by atoms with E-state index in [9.17, 15) is 20.0 Å². The highest BCUT2D eigenvalue weighted by Gasteiger charge is 2.15. The summed E-state index contributed by atoms with van der Waals surface area (Å²) in [6, 6.07) is 8.89. The van der Waals surface area contributed by atoms with Gasteiger partial charge < -0.3 is 10.4 Å². The number of phenols is 1. The predicted octanol–water partition coefficient (Wildman–Crippen LogP) is 3.17. The summed E-state index contributed by atoms with van der Waals surface area (Å²) in [4.78, 5) is 22.4. The molecular weight excluding hydrogens is 272 g/mol. The number of nitrogens with zero attached hydrogens (tertiary/aromatic N) is 1. The lowest BCUT2D eigenvalue weighted by molar-refractivity contribution is -0.384. The highest BCUT2D eigenvalue weighted by Crippen LogP contribution is 2.28. The van der Waals surface area contributed by atoms with Gasteiger partial charge in [0.05, 0.1) is 10.6 Å². The van der Waals surface area contributed by atoms with Crippen molar-refractivity contribution >= 4 is 17.3 Å². The molecule has 0 unspecified atom stereocenters. The van der Waals surface area contributed by atoms with Gasteiger partial charge in [-0.2, -0.15) is 0 Å². The van der Waals surface area contributed by atoms with Gasteiger partial charge in [-0.25, -0.2) is 0 Å². The number of nitro groups is 1. The van der Waals surface area contributed by atoms with E-state index in [2.05, 4.69) is 5.32 Å². The van der Waals surface area contributed by atoms with Crippen LogP contribution in [0, 0.1) is 24.0 Å². The number of nitrogens with one attached hydrogen (secondary N) is 1. The Morgan fingerprint density at radius 2 is 1.90 bits per heavy atom. The molecule has 0 saturated heterocycles. The first-order valence-electron chi connectivity index (χ1n) is 6.24. The van der Waals surface area contributed by atoms with Gasteiger partial charge in [-0.1, -0.05) is 17.7 Å². The zero-order valence-corrected chi connectivity index (χ0v) is 11.6. The highest BCUT2D eigenvalue weighted by atomic mass is 16.6. The number of carbonyl (C=O) groups excluding carboxylic acids is 1. The molecule has 0 aliphatic carbocycles. The van der Waals surface area contributed by atoms with Crippen LogP contribution in [0.1, 0.15) is 21.5 Å². The number of hydrogen-bond acceptors (Lipinski definition) is 4.